The van der Waals surface area contributed by atoms with Crippen molar-refractivity contribution in [3.05, 3.63) is 69.3 Å². The van der Waals surface area contributed by atoms with E-state index in [-0.39, 0.29) is 5.91 Å². The number of nitrogens with zero attached hydrogens (tertiary/aromatic N) is 1. The highest BCUT2D eigenvalue weighted by Crippen LogP contribution is 2.28. The highest BCUT2D eigenvalue weighted by atomic mass is 35.5. The van der Waals surface area contributed by atoms with Crippen molar-refractivity contribution in [3.8, 4) is 0 Å². The normalized spacial score (nSPS) is 16.1. The zero-order chi connectivity index (χ0) is 16.6. The van der Waals surface area contributed by atoms with Gasteiger partial charge in [0, 0.05) is 10.0 Å². The van der Waals surface area contributed by atoms with Crippen molar-refractivity contribution in [2.24, 2.45) is 0 Å². The highest BCUT2D eigenvalue weighted by molar-refractivity contribution is 7.80. The molecule has 1 aliphatic heterocycles. The van der Waals surface area contributed by atoms with Gasteiger partial charge in [-0.2, -0.15) is 0 Å². The Morgan fingerprint density at radius 1 is 1.09 bits per heavy atom. The molecule has 1 N–H and O–H groups in total. The van der Waals surface area contributed by atoms with Gasteiger partial charge in [-0.15, -0.1) is 0 Å². The van der Waals surface area contributed by atoms with Crippen molar-refractivity contribution >= 4 is 58.2 Å². The quantitative estimate of drug-likeness (QED) is 0.627. The molecule has 1 saturated heterocycles. The van der Waals surface area contributed by atoms with Gasteiger partial charge in [-0.1, -0.05) is 35.3 Å². The third-order valence-corrected chi connectivity index (χ3v) is 4.23. The lowest BCUT2D eigenvalue weighted by Gasteiger charge is -2.16. The zero-order valence-electron chi connectivity index (χ0n) is 12.1. The zero-order valence-corrected chi connectivity index (χ0v) is 14.5. The number of rotatable bonds is 2. The number of hydrogen-bond acceptors (Lipinski definition) is 2. The summed E-state index contributed by atoms with van der Waals surface area (Å²) in [5, 5.41) is 4.57. The number of nitrogens with one attached hydrogen (secondary N) is 1. The number of amides is 1. The number of thiocarbonyl (C=S) groups is 1. The van der Waals surface area contributed by atoms with Crippen LogP contribution in [0.4, 0.5) is 5.69 Å². The van der Waals surface area contributed by atoms with Crippen LogP contribution in [0.1, 0.15) is 11.1 Å². The van der Waals surface area contributed by atoms with Crippen LogP contribution in [0, 0.1) is 6.92 Å². The summed E-state index contributed by atoms with van der Waals surface area (Å²) in [6, 6.07) is 12.5. The first-order valence-corrected chi connectivity index (χ1v) is 8.01. The molecule has 1 aliphatic rings. The molecule has 0 spiro atoms. The van der Waals surface area contributed by atoms with Crippen molar-refractivity contribution in [1.82, 2.24) is 5.32 Å². The highest BCUT2D eigenvalue weighted by Gasteiger charge is 2.32. The summed E-state index contributed by atoms with van der Waals surface area (Å²) in [5.74, 6) is -0.199. The van der Waals surface area contributed by atoms with E-state index in [9.17, 15) is 4.79 Å². The minimum Gasteiger partial charge on any atom is -0.327 e. The van der Waals surface area contributed by atoms with Gasteiger partial charge in [-0.3, -0.25) is 9.69 Å². The summed E-state index contributed by atoms with van der Waals surface area (Å²) in [6.45, 7) is 1.89. The molecule has 1 heterocycles. The maximum absolute atomic E-state index is 12.7. The Balaban J connectivity index is 1.95. The largest absolute Gasteiger partial charge is 0.327 e. The van der Waals surface area contributed by atoms with Crippen molar-refractivity contribution < 1.29 is 4.79 Å². The van der Waals surface area contributed by atoms with E-state index in [0.29, 0.717) is 20.9 Å². The molecule has 0 aromatic heterocycles. The predicted octanol–water partition coefficient (Wildman–Crippen LogP) is 4.56. The maximum Gasteiger partial charge on any atom is 0.281 e. The third kappa shape index (κ3) is 3.24. The molecule has 6 heteroatoms. The Bertz CT molecular complexity index is 831. The van der Waals surface area contributed by atoms with Crippen LogP contribution in [0.5, 0.6) is 0 Å². The molecule has 23 heavy (non-hydrogen) atoms. The molecule has 0 unspecified atom stereocenters. The molecule has 116 valence electrons. The van der Waals surface area contributed by atoms with E-state index >= 15 is 0 Å². The van der Waals surface area contributed by atoms with Crippen LogP contribution >= 0.6 is 35.4 Å². The van der Waals surface area contributed by atoms with Crippen LogP contribution in [0.15, 0.2) is 48.2 Å². The first kappa shape index (κ1) is 16.0. The fourth-order valence-corrected chi connectivity index (χ4v) is 2.99. The molecule has 0 atom stereocenters. The lowest BCUT2D eigenvalue weighted by Crippen LogP contribution is -2.30. The molecule has 3 nitrogen and oxygen atoms in total. The van der Waals surface area contributed by atoms with Gasteiger partial charge in [0.15, 0.2) is 5.11 Å². The number of carbonyl (C=O) groups excluding carboxylic acids is 1. The molecule has 0 aliphatic carbocycles. The second-order valence-electron chi connectivity index (χ2n) is 5.11. The first-order chi connectivity index (χ1) is 11.0. The predicted molar refractivity (Wildman–Crippen MR) is 98.8 cm³/mol. The maximum atomic E-state index is 12.7. The molecule has 1 amide bonds. The second kappa shape index (κ2) is 6.32. The van der Waals surface area contributed by atoms with Gasteiger partial charge in [0.05, 0.1) is 5.69 Å². The Morgan fingerprint density at radius 2 is 1.74 bits per heavy atom. The van der Waals surface area contributed by atoms with Crippen LogP contribution < -0.4 is 10.2 Å². The average molecular weight is 363 g/mol. The molecule has 2 aromatic rings. The third-order valence-electron chi connectivity index (χ3n) is 3.46. The Hall–Kier alpha value is -1.88. The lowest BCUT2D eigenvalue weighted by atomic mass is 10.1. The molecule has 2 aromatic carbocycles. The van der Waals surface area contributed by atoms with Crippen molar-refractivity contribution in [3.63, 3.8) is 0 Å². The van der Waals surface area contributed by atoms with Gasteiger partial charge in [0.2, 0.25) is 0 Å². The second-order valence-corrected chi connectivity index (χ2v) is 6.37. The van der Waals surface area contributed by atoms with Crippen molar-refractivity contribution in [2.75, 3.05) is 4.90 Å². The van der Waals surface area contributed by atoms with E-state index in [1.165, 1.54) is 4.90 Å². The van der Waals surface area contributed by atoms with E-state index in [0.717, 1.165) is 16.8 Å². The van der Waals surface area contributed by atoms with Crippen LogP contribution in [0.3, 0.4) is 0 Å². The average Bonchev–Trinajstić information content (AvgIpc) is 2.77. The SMILES string of the molecule is Cc1cc(Cl)ccc1N1C(=O)/C(=C\c2ccc(Cl)cc2)NC1=S. The number of hydrogen-bond donors (Lipinski definition) is 1. The van der Waals surface area contributed by atoms with Gasteiger partial charge in [-0.05, 0) is 66.7 Å². The van der Waals surface area contributed by atoms with Crippen LogP contribution in [-0.4, -0.2) is 11.0 Å². The molecule has 1 fully saturated rings. The van der Waals surface area contributed by atoms with E-state index in [2.05, 4.69) is 5.32 Å². The molecule has 0 radical (unpaired) electrons. The molecule has 0 saturated carbocycles. The van der Waals surface area contributed by atoms with Crippen LogP contribution in [0.2, 0.25) is 10.0 Å². The summed E-state index contributed by atoms with van der Waals surface area (Å²) in [5.41, 5.74) is 2.88. The van der Waals surface area contributed by atoms with Gasteiger partial charge in [0.25, 0.3) is 5.91 Å². The minimum atomic E-state index is -0.199. The Morgan fingerprint density at radius 3 is 2.39 bits per heavy atom. The van der Waals surface area contributed by atoms with E-state index in [1.54, 1.807) is 36.4 Å². The summed E-state index contributed by atoms with van der Waals surface area (Å²) < 4.78 is 0. The number of halogens is 2. The van der Waals surface area contributed by atoms with Crippen molar-refractivity contribution in [2.45, 2.75) is 6.92 Å². The van der Waals surface area contributed by atoms with Crippen LogP contribution in [-0.2, 0) is 4.79 Å². The van der Waals surface area contributed by atoms with E-state index in [4.69, 9.17) is 35.4 Å². The fraction of sp³-hybridized carbons (Fsp3) is 0.0588. The summed E-state index contributed by atoms with van der Waals surface area (Å²) in [6.07, 6.45) is 1.75. The number of aryl methyl sites for hydroxylation is 1. The molecular formula is C17H12Cl2N2OS. The molecule has 0 bridgehead atoms. The molecule has 3 rings (SSSR count). The van der Waals surface area contributed by atoms with E-state index in [1.807, 2.05) is 19.1 Å². The first-order valence-electron chi connectivity index (χ1n) is 6.84. The Labute approximate surface area is 149 Å². The smallest absolute Gasteiger partial charge is 0.281 e. The Kier molecular flexibility index (Phi) is 4.39. The standard InChI is InChI=1S/C17H12Cl2N2OS/c1-10-8-13(19)6-7-15(10)21-16(22)14(20-17(21)23)9-11-2-4-12(18)5-3-11/h2-9H,1H3,(H,20,23)/b14-9+. The monoisotopic (exact) mass is 362 g/mol. The topological polar surface area (TPSA) is 32.3 Å². The summed E-state index contributed by atoms with van der Waals surface area (Å²) in [7, 11) is 0. The summed E-state index contributed by atoms with van der Waals surface area (Å²) in [4.78, 5) is 14.1. The number of benzene rings is 2. The van der Waals surface area contributed by atoms with Gasteiger partial charge >= 0.3 is 0 Å². The molecular weight excluding hydrogens is 351 g/mol. The summed E-state index contributed by atoms with van der Waals surface area (Å²) >= 11 is 17.1. The number of carbonyl (C=O) groups is 1. The van der Waals surface area contributed by atoms with Crippen molar-refractivity contribution in [1.29, 1.82) is 0 Å². The van der Waals surface area contributed by atoms with Crippen LogP contribution in [0.25, 0.3) is 6.08 Å². The van der Waals surface area contributed by atoms with E-state index < -0.39 is 0 Å². The lowest BCUT2D eigenvalue weighted by molar-refractivity contribution is -0.113. The fourth-order valence-electron chi connectivity index (χ4n) is 2.35. The van der Waals surface area contributed by atoms with Gasteiger partial charge in [-0.25, -0.2) is 0 Å². The van der Waals surface area contributed by atoms with Gasteiger partial charge in [0.1, 0.15) is 5.70 Å². The van der Waals surface area contributed by atoms with Gasteiger partial charge < -0.3 is 5.32 Å². The number of anilines is 1. The minimum absolute atomic E-state index is 0.199.